The lowest BCUT2D eigenvalue weighted by atomic mass is 10.0. The molecule has 0 radical (unpaired) electrons. The van der Waals surface area contributed by atoms with Crippen LogP contribution >= 0.6 is 11.3 Å². The average Bonchev–Trinajstić information content (AvgIpc) is 3.51. The highest BCUT2D eigenvalue weighted by Crippen LogP contribution is 2.27. The Kier molecular flexibility index (Phi) is 6.29. The standard InChI is InChI=1S/C23H23N5OS/c1-2-3-5-17-7-9-18(10-8-17)22(20-6-4-13-30-20)27-23(29)19-11-12-21(25-14-19)28-16-24-15-26-28/h4,6-16,22H,2-3,5H2,1H3,(H,27,29). The highest BCUT2D eigenvalue weighted by atomic mass is 32.1. The van der Waals surface area contributed by atoms with Gasteiger partial charge in [-0.1, -0.05) is 43.7 Å². The highest BCUT2D eigenvalue weighted by molar-refractivity contribution is 7.10. The molecule has 1 atom stereocenters. The molecule has 30 heavy (non-hydrogen) atoms. The zero-order valence-electron chi connectivity index (χ0n) is 16.7. The lowest BCUT2D eigenvalue weighted by Crippen LogP contribution is -2.29. The van der Waals surface area contributed by atoms with Crippen molar-refractivity contribution in [3.63, 3.8) is 0 Å². The first-order chi connectivity index (χ1) is 14.7. The van der Waals surface area contributed by atoms with E-state index in [0.717, 1.165) is 16.9 Å². The van der Waals surface area contributed by atoms with Crippen LogP contribution in [0.15, 0.2) is 72.8 Å². The minimum atomic E-state index is -0.201. The molecule has 3 heterocycles. The van der Waals surface area contributed by atoms with Crippen molar-refractivity contribution < 1.29 is 4.79 Å². The van der Waals surface area contributed by atoms with Crippen LogP contribution < -0.4 is 5.32 Å². The van der Waals surface area contributed by atoms with E-state index in [-0.39, 0.29) is 11.9 Å². The quantitative estimate of drug-likeness (QED) is 0.455. The zero-order chi connectivity index (χ0) is 20.8. The Balaban J connectivity index is 1.53. The molecule has 0 fully saturated rings. The second-order valence-electron chi connectivity index (χ2n) is 7.01. The molecule has 6 nitrogen and oxygen atoms in total. The number of benzene rings is 1. The molecule has 7 heteroatoms. The van der Waals surface area contributed by atoms with Gasteiger partial charge in [0.25, 0.3) is 5.91 Å². The Bertz CT molecular complexity index is 1060. The number of amides is 1. The van der Waals surface area contributed by atoms with Gasteiger partial charge in [-0.25, -0.2) is 14.6 Å². The molecule has 0 aliphatic heterocycles. The number of pyridine rings is 1. The Morgan fingerprint density at radius 2 is 2.03 bits per heavy atom. The van der Waals surface area contributed by atoms with Gasteiger partial charge in [-0.05, 0) is 47.5 Å². The Labute approximate surface area is 179 Å². The third-order valence-corrected chi connectivity index (χ3v) is 5.84. The van der Waals surface area contributed by atoms with E-state index in [1.807, 2.05) is 17.5 Å². The van der Waals surface area contributed by atoms with Gasteiger partial charge in [-0.2, -0.15) is 5.10 Å². The first-order valence-corrected chi connectivity index (χ1v) is 10.9. The number of rotatable bonds is 8. The number of carbonyl (C=O) groups excluding carboxylic acids is 1. The third-order valence-electron chi connectivity index (χ3n) is 4.90. The van der Waals surface area contributed by atoms with E-state index in [1.54, 1.807) is 40.7 Å². The minimum Gasteiger partial charge on any atom is -0.340 e. The molecule has 1 aromatic carbocycles. The van der Waals surface area contributed by atoms with Crippen molar-refractivity contribution in [2.24, 2.45) is 0 Å². The van der Waals surface area contributed by atoms with Crippen molar-refractivity contribution in [3.8, 4) is 5.82 Å². The van der Waals surface area contributed by atoms with E-state index in [2.05, 4.69) is 51.6 Å². The number of hydrogen-bond acceptors (Lipinski definition) is 5. The molecule has 0 aliphatic rings. The number of aryl methyl sites for hydroxylation is 1. The van der Waals surface area contributed by atoms with Gasteiger partial charge in [0, 0.05) is 11.1 Å². The van der Waals surface area contributed by atoms with Crippen LogP contribution in [0.4, 0.5) is 0 Å². The first kappa shape index (κ1) is 20.0. The molecule has 152 valence electrons. The van der Waals surface area contributed by atoms with Gasteiger partial charge in [0.15, 0.2) is 5.82 Å². The number of thiophene rings is 1. The Morgan fingerprint density at radius 1 is 1.17 bits per heavy atom. The zero-order valence-corrected chi connectivity index (χ0v) is 17.5. The molecular formula is C23H23N5OS. The summed E-state index contributed by atoms with van der Waals surface area (Å²) in [6.45, 7) is 2.20. The van der Waals surface area contributed by atoms with Crippen molar-refractivity contribution in [1.82, 2.24) is 25.1 Å². The van der Waals surface area contributed by atoms with Gasteiger partial charge in [0.05, 0.1) is 11.6 Å². The molecular weight excluding hydrogens is 394 g/mol. The molecule has 1 unspecified atom stereocenters. The summed E-state index contributed by atoms with van der Waals surface area (Å²) in [5, 5.41) is 9.24. The smallest absolute Gasteiger partial charge is 0.253 e. The number of carbonyl (C=O) groups is 1. The second-order valence-corrected chi connectivity index (χ2v) is 7.99. The number of hydrogen-bond donors (Lipinski definition) is 1. The van der Waals surface area contributed by atoms with Crippen LogP contribution in [0.2, 0.25) is 0 Å². The van der Waals surface area contributed by atoms with Crippen molar-refractivity contribution in [2.75, 3.05) is 0 Å². The molecule has 4 rings (SSSR count). The number of unbranched alkanes of at least 4 members (excludes halogenated alkanes) is 1. The predicted molar refractivity (Wildman–Crippen MR) is 118 cm³/mol. The van der Waals surface area contributed by atoms with Gasteiger partial charge in [-0.15, -0.1) is 11.3 Å². The van der Waals surface area contributed by atoms with Crippen LogP contribution in [0.1, 0.15) is 52.2 Å². The fourth-order valence-corrected chi connectivity index (χ4v) is 4.03. The Hall–Kier alpha value is -3.32. The predicted octanol–water partition coefficient (Wildman–Crippen LogP) is 4.59. The summed E-state index contributed by atoms with van der Waals surface area (Å²) in [6, 6.07) is 15.9. The summed E-state index contributed by atoms with van der Waals surface area (Å²) in [5.41, 5.74) is 2.89. The molecule has 0 aliphatic carbocycles. The maximum Gasteiger partial charge on any atom is 0.253 e. The van der Waals surface area contributed by atoms with Crippen molar-refractivity contribution in [3.05, 3.63) is 94.3 Å². The molecule has 1 N–H and O–H groups in total. The summed E-state index contributed by atoms with van der Waals surface area (Å²) in [5.74, 6) is 0.447. The molecule has 0 bridgehead atoms. The van der Waals surface area contributed by atoms with Gasteiger partial charge >= 0.3 is 0 Å². The average molecular weight is 418 g/mol. The largest absolute Gasteiger partial charge is 0.340 e. The maximum absolute atomic E-state index is 12.9. The normalized spacial score (nSPS) is 11.9. The van der Waals surface area contributed by atoms with Crippen LogP contribution in [0, 0.1) is 0 Å². The lowest BCUT2D eigenvalue weighted by Gasteiger charge is -2.19. The first-order valence-electron chi connectivity index (χ1n) is 9.98. The molecule has 0 saturated carbocycles. The molecule has 0 saturated heterocycles. The van der Waals surface area contributed by atoms with Crippen LogP contribution in [0.25, 0.3) is 5.82 Å². The van der Waals surface area contributed by atoms with Gasteiger partial charge in [0.2, 0.25) is 0 Å². The van der Waals surface area contributed by atoms with E-state index < -0.39 is 0 Å². The van der Waals surface area contributed by atoms with Crippen LogP contribution in [0.3, 0.4) is 0 Å². The van der Waals surface area contributed by atoms with Gasteiger partial charge in [-0.3, -0.25) is 4.79 Å². The summed E-state index contributed by atoms with van der Waals surface area (Å²) >= 11 is 1.63. The van der Waals surface area contributed by atoms with Crippen LogP contribution in [-0.4, -0.2) is 25.7 Å². The third kappa shape index (κ3) is 4.63. The van der Waals surface area contributed by atoms with E-state index in [9.17, 15) is 4.79 Å². The van der Waals surface area contributed by atoms with E-state index in [0.29, 0.717) is 11.4 Å². The topological polar surface area (TPSA) is 72.7 Å². The summed E-state index contributed by atoms with van der Waals surface area (Å²) in [7, 11) is 0. The lowest BCUT2D eigenvalue weighted by molar-refractivity contribution is 0.0943. The Morgan fingerprint density at radius 3 is 2.67 bits per heavy atom. The number of nitrogens with zero attached hydrogens (tertiary/aromatic N) is 4. The fraction of sp³-hybridized carbons (Fsp3) is 0.217. The summed E-state index contributed by atoms with van der Waals surface area (Å²) in [4.78, 5) is 22.3. The SMILES string of the molecule is CCCCc1ccc(C(NC(=O)c2ccc(-n3cncn3)nc2)c2cccs2)cc1. The van der Waals surface area contributed by atoms with E-state index in [4.69, 9.17) is 0 Å². The van der Waals surface area contributed by atoms with Crippen molar-refractivity contribution in [2.45, 2.75) is 32.2 Å². The second kappa shape index (κ2) is 9.45. The fourth-order valence-electron chi connectivity index (χ4n) is 3.23. The van der Waals surface area contributed by atoms with Crippen LogP contribution in [0.5, 0.6) is 0 Å². The van der Waals surface area contributed by atoms with E-state index >= 15 is 0 Å². The summed E-state index contributed by atoms with van der Waals surface area (Å²) < 4.78 is 1.55. The van der Waals surface area contributed by atoms with Crippen molar-refractivity contribution in [1.29, 1.82) is 0 Å². The number of nitrogens with one attached hydrogen (secondary N) is 1. The summed E-state index contributed by atoms with van der Waals surface area (Å²) in [6.07, 6.45) is 8.02. The minimum absolute atomic E-state index is 0.166. The van der Waals surface area contributed by atoms with Gasteiger partial charge in [0.1, 0.15) is 12.7 Å². The van der Waals surface area contributed by atoms with E-state index in [1.165, 1.54) is 24.7 Å². The molecule has 0 spiro atoms. The molecule has 4 aromatic rings. The molecule has 3 aromatic heterocycles. The number of aromatic nitrogens is 4. The van der Waals surface area contributed by atoms with Crippen LogP contribution in [-0.2, 0) is 6.42 Å². The highest BCUT2D eigenvalue weighted by Gasteiger charge is 2.19. The maximum atomic E-state index is 12.9. The molecule has 1 amide bonds. The van der Waals surface area contributed by atoms with Gasteiger partial charge < -0.3 is 5.32 Å². The monoisotopic (exact) mass is 417 g/mol. The van der Waals surface area contributed by atoms with Crippen molar-refractivity contribution >= 4 is 17.2 Å².